The fourth-order valence-electron chi connectivity index (χ4n) is 4.88. The zero-order valence-corrected chi connectivity index (χ0v) is 23.0. The molecule has 1 aromatic carbocycles. The molecule has 3 aromatic heterocycles. The van der Waals surface area contributed by atoms with Gasteiger partial charge in [-0.1, -0.05) is 18.5 Å². The SMILES string of the molecule is CCOc1ncccc1-c1ccc(N2CCN(C(=O)c3ccc(F)cc3Cl)C[C@H]2CC)c(-c2nnc(CN)[nH]2)n1. The number of halogens is 2. The van der Waals surface area contributed by atoms with E-state index < -0.39 is 5.82 Å². The number of aromatic amines is 1. The summed E-state index contributed by atoms with van der Waals surface area (Å²) in [5.41, 5.74) is 8.97. The van der Waals surface area contributed by atoms with E-state index in [0.717, 1.165) is 23.7 Å². The van der Waals surface area contributed by atoms with Gasteiger partial charge in [0.2, 0.25) is 5.88 Å². The number of carbonyl (C=O) groups excluding carboxylic acids is 1. The average Bonchev–Trinajstić information content (AvgIpc) is 3.46. The van der Waals surface area contributed by atoms with Gasteiger partial charge in [0.05, 0.1) is 40.7 Å². The smallest absolute Gasteiger partial charge is 0.255 e. The zero-order valence-electron chi connectivity index (χ0n) is 22.3. The van der Waals surface area contributed by atoms with E-state index in [1.165, 1.54) is 12.1 Å². The van der Waals surface area contributed by atoms with E-state index >= 15 is 0 Å². The number of carbonyl (C=O) groups is 1. The molecular weight excluding hydrogens is 535 g/mol. The highest BCUT2D eigenvalue weighted by atomic mass is 35.5. The summed E-state index contributed by atoms with van der Waals surface area (Å²) in [5, 5.41) is 8.58. The van der Waals surface area contributed by atoms with Gasteiger partial charge in [-0.2, -0.15) is 0 Å². The van der Waals surface area contributed by atoms with Crippen LogP contribution in [0.3, 0.4) is 0 Å². The summed E-state index contributed by atoms with van der Waals surface area (Å²) in [6.07, 6.45) is 2.45. The number of ether oxygens (including phenoxy) is 1. The number of pyridine rings is 2. The van der Waals surface area contributed by atoms with Crippen LogP contribution < -0.4 is 15.4 Å². The summed E-state index contributed by atoms with van der Waals surface area (Å²) in [6.45, 7) is 6.12. The molecule has 0 radical (unpaired) electrons. The van der Waals surface area contributed by atoms with Crippen LogP contribution in [0.2, 0.25) is 5.02 Å². The summed E-state index contributed by atoms with van der Waals surface area (Å²) in [7, 11) is 0. The Morgan fingerprint density at radius 3 is 2.77 bits per heavy atom. The maximum atomic E-state index is 13.6. The number of nitrogens with zero attached hydrogens (tertiary/aromatic N) is 6. The number of nitrogens with two attached hydrogens (primary N) is 1. The minimum absolute atomic E-state index is 0.0161. The fourth-order valence-corrected chi connectivity index (χ4v) is 5.13. The highest BCUT2D eigenvalue weighted by Crippen LogP contribution is 2.35. The summed E-state index contributed by atoms with van der Waals surface area (Å²) < 4.78 is 19.3. The first-order valence-electron chi connectivity index (χ1n) is 13.2. The summed E-state index contributed by atoms with van der Waals surface area (Å²) in [4.78, 5) is 29.8. The van der Waals surface area contributed by atoms with Crippen molar-refractivity contribution < 1.29 is 13.9 Å². The van der Waals surface area contributed by atoms with Gasteiger partial charge in [-0.15, -0.1) is 10.2 Å². The van der Waals surface area contributed by atoms with E-state index in [1.54, 1.807) is 11.1 Å². The van der Waals surface area contributed by atoms with Gasteiger partial charge in [0.15, 0.2) is 5.82 Å². The molecule has 4 heterocycles. The van der Waals surface area contributed by atoms with E-state index in [-0.39, 0.29) is 29.1 Å². The first kappa shape index (κ1) is 27.5. The number of rotatable bonds is 8. The predicted molar refractivity (Wildman–Crippen MR) is 151 cm³/mol. The number of piperazine rings is 1. The zero-order chi connectivity index (χ0) is 28.2. The number of aromatic nitrogens is 5. The highest BCUT2D eigenvalue weighted by molar-refractivity contribution is 6.33. The van der Waals surface area contributed by atoms with Crippen LogP contribution in [-0.4, -0.2) is 68.2 Å². The van der Waals surface area contributed by atoms with Crippen LogP contribution in [-0.2, 0) is 6.54 Å². The molecule has 1 saturated heterocycles. The van der Waals surface area contributed by atoms with Crippen molar-refractivity contribution in [2.24, 2.45) is 5.73 Å². The van der Waals surface area contributed by atoms with E-state index in [4.69, 9.17) is 27.1 Å². The largest absolute Gasteiger partial charge is 0.477 e. The lowest BCUT2D eigenvalue weighted by Gasteiger charge is -2.43. The van der Waals surface area contributed by atoms with Crippen LogP contribution in [0.5, 0.6) is 5.88 Å². The topological polar surface area (TPSA) is 126 Å². The number of amides is 1. The van der Waals surface area contributed by atoms with Gasteiger partial charge in [0.25, 0.3) is 5.91 Å². The minimum atomic E-state index is -0.480. The Morgan fingerprint density at radius 1 is 1.20 bits per heavy atom. The van der Waals surface area contributed by atoms with Gasteiger partial charge in [-0.25, -0.2) is 14.4 Å². The van der Waals surface area contributed by atoms with Crippen molar-refractivity contribution in [3.05, 3.63) is 70.9 Å². The highest BCUT2D eigenvalue weighted by Gasteiger charge is 2.32. The average molecular weight is 565 g/mol. The molecule has 0 saturated carbocycles. The maximum absolute atomic E-state index is 13.6. The molecule has 1 amide bonds. The number of benzene rings is 1. The number of H-pyrrole nitrogens is 1. The molecule has 0 bridgehead atoms. The lowest BCUT2D eigenvalue weighted by atomic mass is 10.0. The van der Waals surface area contributed by atoms with Crippen LogP contribution in [0.1, 0.15) is 36.5 Å². The van der Waals surface area contributed by atoms with Gasteiger partial charge in [-0.05, 0) is 55.8 Å². The molecule has 12 heteroatoms. The van der Waals surface area contributed by atoms with Crippen LogP contribution in [0.15, 0.2) is 48.7 Å². The third kappa shape index (κ3) is 5.47. The molecule has 208 valence electrons. The Hall–Kier alpha value is -4.09. The quantitative estimate of drug-likeness (QED) is 0.324. The van der Waals surface area contributed by atoms with Crippen LogP contribution in [0, 0.1) is 5.82 Å². The van der Waals surface area contributed by atoms with E-state index in [9.17, 15) is 9.18 Å². The van der Waals surface area contributed by atoms with Gasteiger partial charge in [0, 0.05) is 31.9 Å². The molecule has 0 unspecified atom stereocenters. The van der Waals surface area contributed by atoms with Crippen molar-refractivity contribution in [2.75, 3.05) is 31.1 Å². The standard InChI is InChI=1S/C28H30ClFN8O2/c1-3-18-16-37(28(39)19-8-7-17(30)14-21(19)29)12-13-38(18)23-10-9-22(20-6-5-11-32-27(20)40-4-2)33-25(23)26-34-24(15-31)35-36-26/h5-11,14,18H,3-4,12-13,15-16,31H2,1-2H3,(H,34,35,36)/t18-/m1/s1. The van der Waals surface area contributed by atoms with Crippen LogP contribution in [0.4, 0.5) is 10.1 Å². The van der Waals surface area contributed by atoms with Crippen molar-refractivity contribution in [1.82, 2.24) is 30.0 Å². The van der Waals surface area contributed by atoms with Crippen molar-refractivity contribution in [3.8, 4) is 28.7 Å². The molecule has 40 heavy (non-hydrogen) atoms. The lowest BCUT2D eigenvalue weighted by Crippen LogP contribution is -2.55. The van der Waals surface area contributed by atoms with Gasteiger partial charge >= 0.3 is 0 Å². The lowest BCUT2D eigenvalue weighted by molar-refractivity contribution is 0.0721. The Balaban J connectivity index is 1.50. The van der Waals surface area contributed by atoms with Crippen molar-refractivity contribution >= 4 is 23.2 Å². The van der Waals surface area contributed by atoms with Crippen LogP contribution >= 0.6 is 11.6 Å². The normalized spacial score (nSPS) is 15.4. The molecule has 4 aromatic rings. The second-order valence-electron chi connectivity index (χ2n) is 9.31. The molecule has 1 atom stereocenters. The maximum Gasteiger partial charge on any atom is 0.255 e. The number of nitrogens with one attached hydrogen (secondary N) is 1. The Morgan fingerprint density at radius 2 is 2.05 bits per heavy atom. The second kappa shape index (κ2) is 12.0. The third-order valence-electron chi connectivity index (χ3n) is 6.87. The van der Waals surface area contributed by atoms with E-state index in [0.29, 0.717) is 55.2 Å². The number of anilines is 1. The third-order valence-corrected chi connectivity index (χ3v) is 7.18. The summed E-state index contributed by atoms with van der Waals surface area (Å²) >= 11 is 6.19. The molecule has 1 aliphatic heterocycles. The van der Waals surface area contributed by atoms with Crippen molar-refractivity contribution in [2.45, 2.75) is 32.9 Å². The van der Waals surface area contributed by atoms with Gasteiger partial charge in [0.1, 0.15) is 17.3 Å². The number of hydrogen-bond donors (Lipinski definition) is 2. The van der Waals surface area contributed by atoms with Crippen molar-refractivity contribution in [3.63, 3.8) is 0 Å². The second-order valence-corrected chi connectivity index (χ2v) is 9.72. The molecule has 1 aliphatic rings. The fraction of sp³-hybridized carbons (Fsp3) is 0.321. The molecule has 1 fully saturated rings. The van der Waals surface area contributed by atoms with E-state index in [2.05, 4.69) is 32.0 Å². The molecule has 5 rings (SSSR count). The molecule has 10 nitrogen and oxygen atoms in total. The first-order valence-corrected chi connectivity index (χ1v) is 13.5. The molecule has 0 spiro atoms. The molecular formula is C28H30ClFN8O2. The van der Waals surface area contributed by atoms with Crippen LogP contribution in [0.25, 0.3) is 22.8 Å². The Bertz CT molecular complexity index is 1510. The van der Waals surface area contributed by atoms with Gasteiger partial charge < -0.3 is 25.3 Å². The minimum Gasteiger partial charge on any atom is -0.477 e. The Kier molecular flexibility index (Phi) is 8.22. The number of hydrogen-bond acceptors (Lipinski definition) is 8. The predicted octanol–water partition coefficient (Wildman–Crippen LogP) is 4.32. The molecule has 0 aliphatic carbocycles. The van der Waals surface area contributed by atoms with E-state index in [1.807, 2.05) is 31.2 Å². The monoisotopic (exact) mass is 564 g/mol. The summed E-state index contributed by atoms with van der Waals surface area (Å²) in [6, 6.07) is 11.5. The summed E-state index contributed by atoms with van der Waals surface area (Å²) in [5.74, 6) is 0.828. The van der Waals surface area contributed by atoms with Crippen molar-refractivity contribution in [1.29, 1.82) is 0 Å². The van der Waals surface area contributed by atoms with Gasteiger partial charge in [-0.3, -0.25) is 4.79 Å². The molecule has 3 N–H and O–H groups in total. The first-order chi connectivity index (χ1) is 19.4. The Labute approximate surface area is 236 Å².